The molecule has 1 aliphatic heterocycles. The fraction of sp³-hybridized carbons (Fsp3) is 0.683. The largest absolute Gasteiger partial charge is 0.394 e. The first kappa shape index (κ1) is 63.9. The first-order valence-electron chi connectivity index (χ1n) is 27.6. The van der Waals surface area contributed by atoms with Gasteiger partial charge in [0.1, 0.15) is 24.4 Å². The summed E-state index contributed by atoms with van der Waals surface area (Å²) >= 11 is 0. The summed E-state index contributed by atoms with van der Waals surface area (Å²) in [6.07, 6.45) is 64.2. The Labute approximate surface area is 421 Å². The van der Waals surface area contributed by atoms with E-state index >= 15 is 0 Å². The SMILES string of the molecule is CC/C=C\C/C=C\C/C=C\C/C=C\C/C=C\C/C=C\C/C=C\CCCCCCCC(=O)NC(COC1OC(CO)C(O)C(O)C1O)C(O)/C=C/CC/C=C/CCCCCCCCCCCCCCC. The molecule has 0 aromatic rings. The molecule has 6 N–H and O–H groups in total. The van der Waals surface area contributed by atoms with Crippen LogP contribution in [0, 0.1) is 0 Å². The lowest BCUT2D eigenvalue weighted by atomic mass is 9.99. The molecule has 7 atom stereocenters. The van der Waals surface area contributed by atoms with Gasteiger partial charge in [-0.15, -0.1) is 0 Å². The first-order chi connectivity index (χ1) is 33.8. The maximum Gasteiger partial charge on any atom is 0.220 e. The number of hydrogen-bond donors (Lipinski definition) is 6. The second kappa shape index (κ2) is 48.5. The summed E-state index contributed by atoms with van der Waals surface area (Å²) in [5.74, 6) is -0.210. The molecule has 0 aliphatic carbocycles. The maximum absolute atomic E-state index is 13.0. The molecular weight excluding hydrogens is 863 g/mol. The van der Waals surface area contributed by atoms with Crippen LogP contribution in [0.2, 0.25) is 0 Å². The Kier molecular flexibility index (Phi) is 44.9. The molecule has 9 heteroatoms. The standard InChI is InChI=1S/C60H101NO8/c1-3-5-7-9-11-13-15-17-19-21-23-24-25-26-27-28-29-30-32-34-36-38-40-42-44-46-48-50-56(64)61-53(52-68-60-59(67)58(66)57(65)55(51-62)69-60)54(63)49-47-45-43-41-39-37-35-33-31-22-20-18-16-14-12-10-8-6-4-2/h5,7,11,13,17,19,23-24,26-27,29-30,34,36,39,41,47,49,53-55,57-60,62-63,65-67H,3-4,6,8-10,12,14-16,18,20-22,25,28,31-33,35,37-38,40,42-46,48,50-52H2,1-2H3,(H,61,64)/b7-5-,13-11-,19-17-,24-23-,27-26-,30-29-,36-34-,41-39+,49-47+. The van der Waals surface area contributed by atoms with Gasteiger partial charge in [-0.2, -0.15) is 0 Å². The van der Waals surface area contributed by atoms with Crippen LogP contribution in [-0.4, -0.2) is 87.5 Å². The van der Waals surface area contributed by atoms with Crippen molar-refractivity contribution in [1.29, 1.82) is 0 Å². The van der Waals surface area contributed by atoms with E-state index in [1.165, 1.54) is 83.5 Å². The van der Waals surface area contributed by atoms with E-state index in [0.717, 1.165) is 103 Å². The minimum atomic E-state index is -1.58. The van der Waals surface area contributed by atoms with Gasteiger partial charge in [0.25, 0.3) is 0 Å². The lowest BCUT2D eigenvalue weighted by molar-refractivity contribution is -0.302. The lowest BCUT2D eigenvalue weighted by Crippen LogP contribution is -2.60. The number of ether oxygens (including phenoxy) is 2. The molecule has 7 unspecified atom stereocenters. The molecule has 1 saturated heterocycles. The van der Waals surface area contributed by atoms with Crippen molar-refractivity contribution in [2.24, 2.45) is 0 Å². The van der Waals surface area contributed by atoms with Gasteiger partial charge >= 0.3 is 0 Å². The van der Waals surface area contributed by atoms with E-state index in [0.29, 0.717) is 6.42 Å². The smallest absolute Gasteiger partial charge is 0.220 e. The van der Waals surface area contributed by atoms with Gasteiger partial charge in [0.05, 0.1) is 25.4 Å². The average molecular weight is 964 g/mol. The summed E-state index contributed by atoms with van der Waals surface area (Å²) in [5, 5.41) is 54.4. The summed E-state index contributed by atoms with van der Waals surface area (Å²) in [4.78, 5) is 13.0. The Morgan fingerprint density at radius 1 is 0.507 bits per heavy atom. The monoisotopic (exact) mass is 964 g/mol. The first-order valence-corrected chi connectivity index (χ1v) is 27.6. The number of unbranched alkanes of at least 4 members (excludes halogenated alkanes) is 19. The Morgan fingerprint density at radius 2 is 0.913 bits per heavy atom. The zero-order valence-corrected chi connectivity index (χ0v) is 43.5. The van der Waals surface area contributed by atoms with Crippen molar-refractivity contribution in [3.8, 4) is 0 Å². The summed E-state index contributed by atoms with van der Waals surface area (Å²) in [7, 11) is 0. The molecule has 69 heavy (non-hydrogen) atoms. The summed E-state index contributed by atoms with van der Waals surface area (Å²) in [5.41, 5.74) is 0. The number of carbonyl (C=O) groups excluding carboxylic acids is 1. The van der Waals surface area contributed by atoms with Crippen molar-refractivity contribution >= 4 is 5.91 Å². The second-order valence-corrected chi connectivity index (χ2v) is 18.6. The molecule has 0 aromatic heterocycles. The second-order valence-electron chi connectivity index (χ2n) is 18.6. The Morgan fingerprint density at radius 3 is 1.39 bits per heavy atom. The van der Waals surface area contributed by atoms with Crippen LogP contribution >= 0.6 is 0 Å². The third-order valence-electron chi connectivity index (χ3n) is 12.3. The Balaban J connectivity index is 2.31. The lowest BCUT2D eigenvalue weighted by Gasteiger charge is -2.40. The Bertz CT molecular complexity index is 1440. The van der Waals surface area contributed by atoms with Crippen molar-refractivity contribution in [3.63, 3.8) is 0 Å². The summed E-state index contributed by atoms with van der Waals surface area (Å²) in [6.45, 7) is 3.63. The highest BCUT2D eigenvalue weighted by atomic mass is 16.7. The van der Waals surface area contributed by atoms with Gasteiger partial charge in [0.2, 0.25) is 5.91 Å². The van der Waals surface area contributed by atoms with Crippen LogP contribution in [0.3, 0.4) is 0 Å². The van der Waals surface area contributed by atoms with Crippen LogP contribution in [-0.2, 0) is 14.3 Å². The van der Waals surface area contributed by atoms with Crippen molar-refractivity contribution < 1.29 is 39.8 Å². The molecule has 0 saturated carbocycles. The molecule has 0 spiro atoms. The molecule has 1 heterocycles. The van der Waals surface area contributed by atoms with Crippen molar-refractivity contribution in [2.75, 3.05) is 13.2 Å². The van der Waals surface area contributed by atoms with Crippen LogP contribution in [0.1, 0.15) is 206 Å². The van der Waals surface area contributed by atoms with E-state index in [2.05, 4.69) is 116 Å². The number of aliphatic hydroxyl groups excluding tert-OH is 5. The maximum atomic E-state index is 13.0. The van der Waals surface area contributed by atoms with Gasteiger partial charge in [-0.1, -0.05) is 220 Å². The van der Waals surface area contributed by atoms with Crippen molar-refractivity contribution in [1.82, 2.24) is 5.32 Å². The Hall–Kier alpha value is -3.15. The third-order valence-corrected chi connectivity index (χ3v) is 12.3. The van der Waals surface area contributed by atoms with Gasteiger partial charge < -0.3 is 40.3 Å². The zero-order chi connectivity index (χ0) is 50.1. The van der Waals surface area contributed by atoms with Gasteiger partial charge in [-0.3, -0.25) is 4.79 Å². The van der Waals surface area contributed by atoms with Gasteiger partial charge in [0.15, 0.2) is 6.29 Å². The van der Waals surface area contributed by atoms with Crippen molar-refractivity contribution in [2.45, 2.75) is 249 Å². The molecule has 9 nitrogen and oxygen atoms in total. The van der Waals surface area contributed by atoms with Crippen LogP contribution in [0.25, 0.3) is 0 Å². The van der Waals surface area contributed by atoms with Gasteiger partial charge in [0, 0.05) is 6.42 Å². The zero-order valence-electron chi connectivity index (χ0n) is 43.5. The van der Waals surface area contributed by atoms with Crippen LogP contribution < -0.4 is 5.32 Å². The molecule has 0 radical (unpaired) electrons. The van der Waals surface area contributed by atoms with E-state index in [4.69, 9.17) is 9.47 Å². The van der Waals surface area contributed by atoms with E-state index in [1.54, 1.807) is 6.08 Å². The topological polar surface area (TPSA) is 149 Å². The highest BCUT2D eigenvalue weighted by Crippen LogP contribution is 2.22. The number of aliphatic hydroxyl groups is 5. The number of nitrogens with one attached hydrogen (secondary N) is 1. The molecule has 0 bridgehead atoms. The molecule has 1 aliphatic rings. The summed E-state index contributed by atoms with van der Waals surface area (Å²) < 4.78 is 11.2. The normalized spacial score (nSPS) is 20.4. The van der Waals surface area contributed by atoms with Crippen molar-refractivity contribution in [3.05, 3.63) is 109 Å². The van der Waals surface area contributed by atoms with Crippen LogP contribution in [0.15, 0.2) is 109 Å². The third kappa shape index (κ3) is 38.2. The number of rotatable bonds is 45. The average Bonchev–Trinajstić information content (AvgIpc) is 3.35. The van der Waals surface area contributed by atoms with E-state index < -0.39 is 49.5 Å². The predicted molar refractivity (Wildman–Crippen MR) is 290 cm³/mol. The van der Waals surface area contributed by atoms with Crippen LogP contribution in [0.4, 0.5) is 0 Å². The minimum Gasteiger partial charge on any atom is -0.394 e. The van der Waals surface area contributed by atoms with E-state index in [-0.39, 0.29) is 12.5 Å². The van der Waals surface area contributed by atoms with Gasteiger partial charge in [-0.05, 0) is 89.9 Å². The minimum absolute atomic E-state index is 0.210. The highest BCUT2D eigenvalue weighted by molar-refractivity contribution is 5.76. The number of amides is 1. The molecule has 394 valence electrons. The molecular formula is C60H101NO8. The fourth-order valence-corrected chi connectivity index (χ4v) is 7.97. The number of allylic oxidation sites excluding steroid dienone is 17. The highest BCUT2D eigenvalue weighted by Gasteiger charge is 2.44. The molecule has 1 rings (SSSR count). The fourth-order valence-electron chi connectivity index (χ4n) is 7.97. The molecule has 1 fully saturated rings. The molecule has 1 amide bonds. The number of carbonyl (C=O) groups is 1. The quantitative estimate of drug-likeness (QED) is 0.0261. The van der Waals surface area contributed by atoms with Crippen LogP contribution in [0.5, 0.6) is 0 Å². The number of hydrogen-bond acceptors (Lipinski definition) is 8. The predicted octanol–water partition coefficient (Wildman–Crippen LogP) is 13.4. The van der Waals surface area contributed by atoms with Gasteiger partial charge in [-0.25, -0.2) is 0 Å². The van der Waals surface area contributed by atoms with E-state index in [1.807, 2.05) is 6.08 Å². The summed E-state index contributed by atoms with van der Waals surface area (Å²) in [6, 6.07) is -0.841. The molecule has 0 aromatic carbocycles. The van der Waals surface area contributed by atoms with E-state index in [9.17, 15) is 30.3 Å².